The summed E-state index contributed by atoms with van der Waals surface area (Å²) >= 11 is 0. The van der Waals surface area contributed by atoms with Crippen LogP contribution in [0, 0.1) is 6.92 Å². The molecule has 0 atom stereocenters. The number of anilines is 3. The maximum atomic E-state index is 12.6. The molecule has 0 bridgehead atoms. The first-order valence-corrected chi connectivity index (χ1v) is 8.67. The largest absolute Gasteiger partial charge is 0.494 e. The number of nitrogens with one attached hydrogen (secondary N) is 4. The molecule has 0 radical (unpaired) electrons. The predicted molar refractivity (Wildman–Crippen MR) is 110 cm³/mol. The number of hydrogen-bond acceptors (Lipinski definition) is 8. The Hall–Kier alpha value is -4.15. The number of ether oxygens (including phenoxy) is 1. The molecule has 11 heteroatoms. The summed E-state index contributed by atoms with van der Waals surface area (Å²) in [6.45, 7) is -1.06. The zero-order chi connectivity index (χ0) is 24.2. The van der Waals surface area contributed by atoms with Crippen LogP contribution >= 0.6 is 0 Å². The van der Waals surface area contributed by atoms with Crippen LogP contribution in [0.3, 0.4) is 0 Å². The molecule has 0 aliphatic carbocycles. The van der Waals surface area contributed by atoms with Gasteiger partial charge in [0.1, 0.15) is 5.82 Å². The lowest BCUT2D eigenvalue weighted by molar-refractivity contribution is 0.0963. The van der Waals surface area contributed by atoms with Crippen molar-refractivity contribution in [3.05, 3.63) is 41.9 Å². The van der Waals surface area contributed by atoms with Crippen LogP contribution in [0.5, 0.6) is 5.75 Å². The van der Waals surface area contributed by atoms with E-state index < -0.39 is 18.9 Å². The van der Waals surface area contributed by atoms with Crippen molar-refractivity contribution >= 4 is 29.1 Å². The number of carbonyl (C=O) groups is 2. The van der Waals surface area contributed by atoms with Gasteiger partial charge in [0.05, 0.1) is 29.6 Å². The zero-order valence-electron chi connectivity index (χ0n) is 19.4. The molecule has 0 unspecified atom stereocenters. The van der Waals surface area contributed by atoms with E-state index in [2.05, 4.69) is 31.1 Å². The zero-order valence-corrected chi connectivity index (χ0v) is 16.4. The molecule has 2 heterocycles. The number of carbonyl (C=O) groups excluding carboxylic acids is 2. The molecule has 11 nitrogen and oxygen atoms in total. The lowest BCUT2D eigenvalue weighted by Gasteiger charge is -2.16. The van der Waals surface area contributed by atoms with E-state index >= 15 is 0 Å². The number of pyridine rings is 1. The fourth-order valence-electron chi connectivity index (χ4n) is 2.64. The Morgan fingerprint density at radius 2 is 2.07 bits per heavy atom. The summed E-state index contributed by atoms with van der Waals surface area (Å²) in [5.41, 5.74) is 1.03. The average Bonchev–Trinajstić information content (AvgIpc) is 3.18. The van der Waals surface area contributed by atoms with Crippen molar-refractivity contribution in [3.63, 3.8) is 0 Å². The molecular weight excluding hydrogens is 390 g/mol. The molecule has 156 valence electrons. The van der Waals surface area contributed by atoms with E-state index in [4.69, 9.17) is 13.4 Å². The van der Waals surface area contributed by atoms with Gasteiger partial charge in [-0.2, -0.15) is 4.98 Å². The van der Waals surface area contributed by atoms with Gasteiger partial charge in [0.25, 0.3) is 5.91 Å². The van der Waals surface area contributed by atoms with Gasteiger partial charge in [0.15, 0.2) is 5.75 Å². The third kappa shape index (κ3) is 4.29. The van der Waals surface area contributed by atoms with Gasteiger partial charge in [-0.25, -0.2) is 9.78 Å². The van der Waals surface area contributed by atoms with Gasteiger partial charge in [-0.3, -0.25) is 10.1 Å². The van der Waals surface area contributed by atoms with Crippen LogP contribution in [-0.2, 0) is 0 Å². The van der Waals surface area contributed by atoms with Gasteiger partial charge in [-0.15, -0.1) is 0 Å². The Bertz CT molecular complexity index is 1180. The van der Waals surface area contributed by atoms with Crippen LogP contribution in [0.15, 0.2) is 35.0 Å². The van der Waals surface area contributed by atoms with Crippen LogP contribution in [0.4, 0.5) is 22.0 Å². The molecule has 0 aliphatic heterocycles. The van der Waals surface area contributed by atoms with Crippen molar-refractivity contribution in [2.24, 2.45) is 0 Å². The van der Waals surface area contributed by atoms with E-state index in [0.29, 0.717) is 28.7 Å². The summed E-state index contributed by atoms with van der Waals surface area (Å²) < 4.78 is 32.5. The molecule has 2 aromatic heterocycles. The smallest absolute Gasteiger partial charge is 0.320 e. The SMILES string of the molecule is [2H]C([2H])([2H])NC(=O)c1cnc(NC(=O)NC)cc1Nc1cccc(-c2noc(C)n2)c1OC. The summed E-state index contributed by atoms with van der Waals surface area (Å²) in [6, 6.07) is 5.96. The molecule has 3 amide bonds. The predicted octanol–water partition coefficient (Wildman–Crippen LogP) is 2.30. The van der Waals surface area contributed by atoms with Crippen molar-refractivity contribution in [3.8, 4) is 17.1 Å². The molecule has 0 fully saturated rings. The van der Waals surface area contributed by atoms with Crippen molar-refractivity contribution < 1.29 is 23.0 Å². The van der Waals surface area contributed by atoms with Crippen molar-refractivity contribution in [2.45, 2.75) is 6.92 Å². The van der Waals surface area contributed by atoms with E-state index in [9.17, 15) is 9.59 Å². The van der Waals surface area contributed by atoms with Gasteiger partial charge < -0.3 is 25.2 Å². The molecule has 0 spiro atoms. The highest BCUT2D eigenvalue weighted by molar-refractivity contribution is 6.01. The number of benzene rings is 1. The summed E-state index contributed by atoms with van der Waals surface area (Å²) in [5, 5.41) is 13.7. The van der Waals surface area contributed by atoms with E-state index in [-0.39, 0.29) is 17.1 Å². The Kier molecular flexibility index (Phi) is 4.98. The third-order valence-electron chi connectivity index (χ3n) is 3.99. The Morgan fingerprint density at radius 3 is 2.73 bits per heavy atom. The lowest BCUT2D eigenvalue weighted by atomic mass is 10.1. The lowest BCUT2D eigenvalue weighted by Crippen LogP contribution is -2.25. The number of amides is 3. The average molecular weight is 414 g/mol. The minimum absolute atomic E-state index is 0.0727. The summed E-state index contributed by atoms with van der Waals surface area (Å²) in [5.74, 6) is 0.239. The van der Waals surface area contributed by atoms with Crippen LogP contribution in [0.25, 0.3) is 11.4 Å². The number of nitrogens with zero attached hydrogens (tertiary/aromatic N) is 3. The number of urea groups is 1. The molecule has 0 aliphatic rings. The number of hydrogen-bond donors (Lipinski definition) is 4. The fourth-order valence-corrected chi connectivity index (χ4v) is 2.64. The van der Waals surface area contributed by atoms with Crippen LogP contribution in [0.1, 0.15) is 20.4 Å². The number of rotatable bonds is 6. The maximum Gasteiger partial charge on any atom is 0.320 e. The molecule has 0 saturated heterocycles. The molecule has 1 aromatic carbocycles. The normalized spacial score (nSPS) is 12.2. The highest BCUT2D eigenvalue weighted by atomic mass is 16.5. The summed E-state index contributed by atoms with van der Waals surface area (Å²) in [6.07, 6.45) is 1.15. The van der Waals surface area contributed by atoms with Crippen LogP contribution in [-0.4, -0.2) is 48.2 Å². The van der Waals surface area contributed by atoms with Gasteiger partial charge >= 0.3 is 6.03 Å². The summed E-state index contributed by atoms with van der Waals surface area (Å²) in [4.78, 5) is 32.5. The number of para-hydroxylation sites is 1. The fraction of sp³-hybridized carbons (Fsp3) is 0.211. The minimum atomic E-state index is -2.71. The van der Waals surface area contributed by atoms with Crippen molar-refractivity contribution in [2.75, 3.05) is 31.8 Å². The van der Waals surface area contributed by atoms with Crippen LogP contribution in [0.2, 0.25) is 0 Å². The molecule has 30 heavy (non-hydrogen) atoms. The van der Waals surface area contributed by atoms with Gasteiger partial charge in [0.2, 0.25) is 11.7 Å². The number of aromatic nitrogens is 3. The Balaban J connectivity index is 2.06. The first kappa shape index (κ1) is 16.8. The maximum absolute atomic E-state index is 12.6. The van der Waals surface area contributed by atoms with Crippen LogP contribution < -0.4 is 26.0 Å². The molecule has 0 saturated carbocycles. The second-order valence-corrected chi connectivity index (χ2v) is 5.92. The highest BCUT2D eigenvalue weighted by Crippen LogP contribution is 2.37. The Morgan fingerprint density at radius 1 is 1.23 bits per heavy atom. The summed E-state index contributed by atoms with van der Waals surface area (Å²) in [7, 11) is 2.88. The number of aryl methyl sites for hydroxylation is 1. The van der Waals surface area contributed by atoms with Gasteiger partial charge in [-0.1, -0.05) is 11.2 Å². The van der Waals surface area contributed by atoms with Crippen molar-refractivity contribution in [1.29, 1.82) is 0 Å². The van der Waals surface area contributed by atoms with E-state index in [1.807, 2.05) is 5.32 Å². The van der Waals surface area contributed by atoms with E-state index in [1.54, 1.807) is 25.1 Å². The van der Waals surface area contributed by atoms with Gasteiger partial charge in [-0.05, 0) is 12.1 Å². The second kappa shape index (κ2) is 8.90. The first-order chi connectivity index (χ1) is 15.6. The molecule has 3 rings (SSSR count). The topological polar surface area (TPSA) is 143 Å². The van der Waals surface area contributed by atoms with E-state index in [1.165, 1.54) is 20.2 Å². The van der Waals surface area contributed by atoms with Crippen molar-refractivity contribution in [1.82, 2.24) is 25.8 Å². The minimum Gasteiger partial charge on any atom is -0.494 e. The second-order valence-electron chi connectivity index (χ2n) is 5.92. The third-order valence-corrected chi connectivity index (χ3v) is 3.99. The quantitative estimate of drug-likeness (QED) is 0.481. The first-order valence-electron chi connectivity index (χ1n) is 10.2. The number of methoxy groups -OCH3 is 1. The highest BCUT2D eigenvalue weighted by Gasteiger charge is 2.18. The molecule has 4 N–H and O–H groups in total. The Labute approximate surface area is 176 Å². The van der Waals surface area contributed by atoms with E-state index in [0.717, 1.165) is 6.20 Å². The standard InChI is InChI=1S/C19H21N7O4/c1-10-23-17(26-30-10)11-6-5-7-13(16(11)29-4)24-14-8-15(25-19(28)21-3)22-9-12(14)18(27)20-2/h5-9H,1-4H3,(H,20,27)(H3,21,22,24,25,28)/i2D3. The molecule has 3 aromatic rings. The molecular formula is C19H21N7O4. The monoisotopic (exact) mass is 414 g/mol. The van der Waals surface area contributed by atoms with Gasteiger partial charge in [0, 0.05) is 37.3 Å².